The van der Waals surface area contributed by atoms with Gasteiger partial charge in [0.1, 0.15) is 0 Å². The zero-order valence-electron chi connectivity index (χ0n) is 12.9. The Balaban J connectivity index is 1.78. The molecule has 1 amide bonds. The first kappa shape index (κ1) is 14.8. The molecule has 3 heteroatoms. The predicted molar refractivity (Wildman–Crippen MR) is 86.6 cm³/mol. The maximum absolute atomic E-state index is 12.8. The van der Waals surface area contributed by atoms with Crippen molar-refractivity contribution in [2.24, 2.45) is 0 Å². The van der Waals surface area contributed by atoms with Crippen molar-refractivity contribution in [3.05, 3.63) is 71.3 Å². The molecule has 3 rings (SSSR count). The molecular formula is C19H21NO2. The minimum absolute atomic E-state index is 0.121. The predicted octanol–water partition coefficient (Wildman–Crippen LogP) is 3.81. The molecule has 0 N–H and O–H groups in total. The Bertz CT molecular complexity index is 622. The molecule has 0 bridgehead atoms. The first-order valence-electron chi connectivity index (χ1n) is 7.73. The average Bonchev–Trinajstić information content (AvgIpc) is 3.06. The van der Waals surface area contributed by atoms with Gasteiger partial charge in [0.15, 0.2) is 0 Å². The number of rotatable bonds is 4. The summed E-state index contributed by atoms with van der Waals surface area (Å²) in [6.45, 7) is 1.41. The van der Waals surface area contributed by atoms with E-state index in [1.54, 1.807) is 7.11 Å². The van der Waals surface area contributed by atoms with Crippen LogP contribution in [0, 0.1) is 0 Å². The van der Waals surface area contributed by atoms with Crippen LogP contribution in [0.1, 0.15) is 40.4 Å². The number of likely N-dealkylation sites (tertiary alicyclic amines) is 1. The van der Waals surface area contributed by atoms with Crippen molar-refractivity contribution in [3.63, 3.8) is 0 Å². The van der Waals surface area contributed by atoms with E-state index in [-0.39, 0.29) is 11.9 Å². The normalized spacial score (nSPS) is 17.7. The van der Waals surface area contributed by atoms with E-state index < -0.39 is 0 Å². The van der Waals surface area contributed by atoms with Crippen LogP contribution in [0.2, 0.25) is 0 Å². The van der Waals surface area contributed by atoms with Crippen LogP contribution in [0.4, 0.5) is 0 Å². The molecule has 2 aromatic carbocycles. The van der Waals surface area contributed by atoms with E-state index in [4.69, 9.17) is 4.74 Å². The molecule has 1 unspecified atom stereocenters. The van der Waals surface area contributed by atoms with Crippen LogP contribution in [-0.4, -0.2) is 24.5 Å². The number of hydrogen-bond acceptors (Lipinski definition) is 2. The third-order valence-corrected chi connectivity index (χ3v) is 4.21. The van der Waals surface area contributed by atoms with E-state index >= 15 is 0 Å². The summed E-state index contributed by atoms with van der Waals surface area (Å²) in [7, 11) is 1.67. The van der Waals surface area contributed by atoms with Crippen molar-refractivity contribution in [2.45, 2.75) is 25.5 Å². The number of amides is 1. The lowest BCUT2D eigenvalue weighted by Crippen LogP contribution is -2.30. The van der Waals surface area contributed by atoms with Crippen LogP contribution < -0.4 is 0 Å². The lowest BCUT2D eigenvalue weighted by molar-refractivity contribution is 0.0735. The molecule has 1 aliphatic heterocycles. The van der Waals surface area contributed by atoms with Gasteiger partial charge in [0, 0.05) is 19.2 Å². The summed E-state index contributed by atoms with van der Waals surface area (Å²) in [5.74, 6) is 0.121. The standard InChI is InChI=1S/C19H21NO2/c1-22-14-15-9-11-17(12-10-15)19(21)20-13-5-8-18(20)16-6-3-2-4-7-16/h2-4,6-7,9-12,18H,5,8,13-14H2,1H3. The summed E-state index contributed by atoms with van der Waals surface area (Å²) in [6.07, 6.45) is 2.10. The molecule has 1 atom stereocenters. The van der Waals surface area contributed by atoms with E-state index in [1.165, 1.54) is 5.56 Å². The van der Waals surface area contributed by atoms with E-state index in [9.17, 15) is 4.79 Å². The van der Waals surface area contributed by atoms with E-state index in [0.717, 1.165) is 30.5 Å². The fraction of sp³-hybridized carbons (Fsp3) is 0.316. The Morgan fingerprint density at radius 2 is 1.86 bits per heavy atom. The maximum atomic E-state index is 12.8. The Hall–Kier alpha value is -2.13. The molecule has 114 valence electrons. The van der Waals surface area contributed by atoms with E-state index in [0.29, 0.717) is 6.61 Å². The molecule has 1 aliphatic rings. The molecule has 0 saturated carbocycles. The smallest absolute Gasteiger partial charge is 0.254 e. The molecule has 1 fully saturated rings. The van der Waals surface area contributed by atoms with Gasteiger partial charge in [-0.2, -0.15) is 0 Å². The van der Waals surface area contributed by atoms with Gasteiger partial charge in [0.05, 0.1) is 12.6 Å². The molecule has 0 aliphatic carbocycles. The molecule has 0 radical (unpaired) electrons. The monoisotopic (exact) mass is 295 g/mol. The highest BCUT2D eigenvalue weighted by Gasteiger charge is 2.30. The SMILES string of the molecule is COCc1ccc(C(=O)N2CCCC2c2ccccc2)cc1. The van der Waals surface area contributed by atoms with Crippen molar-refractivity contribution < 1.29 is 9.53 Å². The minimum atomic E-state index is 0.121. The van der Waals surface area contributed by atoms with Crippen LogP contribution >= 0.6 is 0 Å². The second-order valence-corrected chi connectivity index (χ2v) is 5.70. The van der Waals surface area contributed by atoms with Gasteiger partial charge < -0.3 is 9.64 Å². The Morgan fingerprint density at radius 1 is 1.14 bits per heavy atom. The van der Waals surface area contributed by atoms with Gasteiger partial charge in [0.25, 0.3) is 5.91 Å². The summed E-state index contributed by atoms with van der Waals surface area (Å²) in [6, 6.07) is 18.2. The third kappa shape index (κ3) is 3.04. The minimum Gasteiger partial charge on any atom is -0.380 e. The topological polar surface area (TPSA) is 29.5 Å². The summed E-state index contributed by atoms with van der Waals surface area (Å²) >= 11 is 0. The van der Waals surface area contributed by atoms with E-state index in [2.05, 4.69) is 12.1 Å². The molecule has 0 aromatic heterocycles. The quantitative estimate of drug-likeness (QED) is 0.858. The lowest BCUT2D eigenvalue weighted by atomic mass is 10.0. The van der Waals surface area contributed by atoms with Crippen LogP contribution in [0.5, 0.6) is 0 Å². The van der Waals surface area contributed by atoms with Crippen LogP contribution in [0.15, 0.2) is 54.6 Å². The number of carbonyl (C=O) groups is 1. The average molecular weight is 295 g/mol. The fourth-order valence-corrected chi connectivity index (χ4v) is 3.11. The molecule has 22 heavy (non-hydrogen) atoms. The van der Waals surface area contributed by atoms with Crippen LogP contribution in [0.25, 0.3) is 0 Å². The zero-order chi connectivity index (χ0) is 15.4. The Kier molecular flexibility index (Phi) is 4.54. The molecular weight excluding hydrogens is 274 g/mol. The fourth-order valence-electron chi connectivity index (χ4n) is 3.11. The maximum Gasteiger partial charge on any atom is 0.254 e. The van der Waals surface area contributed by atoms with Gasteiger partial charge in [-0.05, 0) is 36.1 Å². The summed E-state index contributed by atoms with van der Waals surface area (Å²) < 4.78 is 5.11. The van der Waals surface area contributed by atoms with Gasteiger partial charge in [-0.3, -0.25) is 4.79 Å². The second kappa shape index (κ2) is 6.75. The number of methoxy groups -OCH3 is 1. The van der Waals surface area contributed by atoms with Gasteiger partial charge in [-0.1, -0.05) is 42.5 Å². The van der Waals surface area contributed by atoms with Gasteiger partial charge in [0.2, 0.25) is 0 Å². The third-order valence-electron chi connectivity index (χ3n) is 4.21. The number of nitrogens with zero attached hydrogens (tertiary/aromatic N) is 1. The second-order valence-electron chi connectivity index (χ2n) is 5.70. The number of benzene rings is 2. The van der Waals surface area contributed by atoms with Crippen molar-refractivity contribution in [1.82, 2.24) is 4.90 Å². The van der Waals surface area contributed by atoms with Gasteiger partial charge in [-0.25, -0.2) is 0 Å². The van der Waals surface area contributed by atoms with Crippen LogP contribution in [-0.2, 0) is 11.3 Å². The molecule has 1 saturated heterocycles. The lowest BCUT2D eigenvalue weighted by Gasteiger charge is -2.25. The first-order valence-corrected chi connectivity index (χ1v) is 7.73. The van der Waals surface area contributed by atoms with Crippen molar-refractivity contribution in [3.8, 4) is 0 Å². The van der Waals surface area contributed by atoms with Crippen molar-refractivity contribution in [2.75, 3.05) is 13.7 Å². The Morgan fingerprint density at radius 3 is 2.55 bits per heavy atom. The largest absolute Gasteiger partial charge is 0.380 e. The molecule has 2 aromatic rings. The first-order chi connectivity index (χ1) is 10.8. The van der Waals surface area contributed by atoms with Crippen LogP contribution in [0.3, 0.4) is 0 Å². The highest BCUT2D eigenvalue weighted by atomic mass is 16.5. The number of carbonyl (C=O) groups excluding carboxylic acids is 1. The van der Waals surface area contributed by atoms with Gasteiger partial charge in [-0.15, -0.1) is 0 Å². The summed E-state index contributed by atoms with van der Waals surface area (Å²) in [5.41, 5.74) is 3.06. The van der Waals surface area contributed by atoms with Gasteiger partial charge >= 0.3 is 0 Å². The molecule has 0 spiro atoms. The highest BCUT2D eigenvalue weighted by molar-refractivity contribution is 5.94. The molecule has 3 nitrogen and oxygen atoms in total. The Labute approximate surface area is 131 Å². The highest BCUT2D eigenvalue weighted by Crippen LogP contribution is 2.32. The summed E-state index contributed by atoms with van der Waals surface area (Å²) in [4.78, 5) is 14.8. The number of ether oxygens (including phenoxy) is 1. The van der Waals surface area contributed by atoms with Crippen molar-refractivity contribution >= 4 is 5.91 Å². The van der Waals surface area contributed by atoms with E-state index in [1.807, 2.05) is 47.4 Å². The number of hydrogen-bond donors (Lipinski definition) is 0. The summed E-state index contributed by atoms with van der Waals surface area (Å²) in [5, 5.41) is 0. The zero-order valence-corrected chi connectivity index (χ0v) is 12.9. The molecule has 1 heterocycles. The van der Waals surface area contributed by atoms with Crippen molar-refractivity contribution in [1.29, 1.82) is 0 Å².